The van der Waals surface area contributed by atoms with E-state index in [0.29, 0.717) is 13.0 Å². The van der Waals surface area contributed by atoms with E-state index in [0.717, 1.165) is 31.4 Å². The van der Waals surface area contributed by atoms with Gasteiger partial charge in [0.05, 0.1) is 6.20 Å². The number of allylic oxidation sites excluding steroid dienone is 2. The average Bonchev–Trinajstić information content (AvgIpc) is 2.79. The van der Waals surface area contributed by atoms with Crippen LogP contribution in [0.25, 0.3) is 0 Å². The Bertz CT molecular complexity index is 528. The molecule has 1 fully saturated rings. The molecule has 1 atom stereocenters. The lowest BCUT2D eigenvalue weighted by molar-refractivity contribution is -0.138. The molecule has 116 valence electrons. The Morgan fingerprint density at radius 3 is 2.86 bits per heavy atom. The monoisotopic (exact) mass is 289 g/mol. The first-order valence-electron chi connectivity index (χ1n) is 7.77. The summed E-state index contributed by atoms with van der Waals surface area (Å²) in [6.07, 6.45) is 10.1. The second kappa shape index (κ2) is 6.46. The van der Waals surface area contributed by atoms with E-state index >= 15 is 0 Å². The molecule has 1 aliphatic rings. The molecule has 1 aliphatic heterocycles. The summed E-state index contributed by atoms with van der Waals surface area (Å²) in [5.74, 6) is 0.276. The third kappa shape index (κ3) is 4.45. The predicted octanol–water partition coefficient (Wildman–Crippen LogP) is 3.30. The van der Waals surface area contributed by atoms with E-state index in [1.807, 2.05) is 24.3 Å². The normalized spacial score (nSPS) is 22.5. The van der Waals surface area contributed by atoms with E-state index in [-0.39, 0.29) is 11.3 Å². The van der Waals surface area contributed by atoms with Crippen LogP contribution in [0.5, 0.6) is 0 Å². The lowest BCUT2D eigenvalue weighted by atomic mass is 9.77. The zero-order chi connectivity index (χ0) is 15.5. The van der Waals surface area contributed by atoms with Crippen molar-refractivity contribution < 1.29 is 4.79 Å². The standard InChI is InChI=1S/C17H27N3O/c1-14(2)6-5-8-17(3)9-7-16(21)20(13-17)12-15-10-18-19(4)11-15/h6,10-11H,5,7-9,12-13H2,1-4H3/t17-/m0/s1. The number of nitrogens with zero attached hydrogens (tertiary/aromatic N) is 3. The number of aryl methyl sites for hydroxylation is 1. The minimum Gasteiger partial charge on any atom is -0.338 e. The van der Waals surface area contributed by atoms with E-state index in [1.165, 1.54) is 5.57 Å². The minimum absolute atomic E-state index is 0.238. The van der Waals surface area contributed by atoms with Crippen LogP contribution in [0, 0.1) is 5.41 Å². The highest BCUT2D eigenvalue weighted by Gasteiger charge is 2.34. The second-order valence-corrected chi connectivity index (χ2v) is 6.90. The molecule has 0 spiro atoms. The Morgan fingerprint density at radius 2 is 2.24 bits per heavy atom. The van der Waals surface area contributed by atoms with Crippen LogP contribution in [0.1, 0.15) is 52.0 Å². The number of aromatic nitrogens is 2. The summed E-state index contributed by atoms with van der Waals surface area (Å²) in [6.45, 7) is 8.14. The van der Waals surface area contributed by atoms with Crippen molar-refractivity contribution in [2.24, 2.45) is 12.5 Å². The van der Waals surface area contributed by atoms with Crippen LogP contribution < -0.4 is 0 Å². The van der Waals surface area contributed by atoms with Gasteiger partial charge in [0.15, 0.2) is 0 Å². The molecule has 21 heavy (non-hydrogen) atoms. The topological polar surface area (TPSA) is 38.1 Å². The Morgan fingerprint density at radius 1 is 1.48 bits per heavy atom. The summed E-state index contributed by atoms with van der Waals surface area (Å²) < 4.78 is 1.79. The molecule has 0 radical (unpaired) electrons. The molecule has 1 aromatic heterocycles. The van der Waals surface area contributed by atoms with Crippen molar-refractivity contribution in [2.75, 3.05) is 6.54 Å². The van der Waals surface area contributed by atoms with E-state index in [2.05, 4.69) is 31.9 Å². The summed E-state index contributed by atoms with van der Waals surface area (Å²) in [5, 5.41) is 4.18. The number of amides is 1. The van der Waals surface area contributed by atoms with Crippen molar-refractivity contribution in [1.82, 2.24) is 14.7 Å². The van der Waals surface area contributed by atoms with Gasteiger partial charge in [0.1, 0.15) is 0 Å². The summed E-state index contributed by atoms with van der Waals surface area (Å²) in [6, 6.07) is 0. The summed E-state index contributed by atoms with van der Waals surface area (Å²) in [4.78, 5) is 14.2. The number of rotatable bonds is 5. The van der Waals surface area contributed by atoms with Crippen molar-refractivity contribution in [2.45, 2.75) is 53.0 Å². The molecule has 2 heterocycles. The maximum Gasteiger partial charge on any atom is 0.222 e. The molecule has 0 aliphatic carbocycles. The molecule has 0 unspecified atom stereocenters. The number of carbonyl (C=O) groups excluding carboxylic acids is 1. The van der Waals surface area contributed by atoms with Gasteiger partial charge in [-0.05, 0) is 38.5 Å². The third-order valence-electron chi connectivity index (χ3n) is 4.30. The maximum atomic E-state index is 12.2. The fourth-order valence-corrected chi connectivity index (χ4v) is 3.03. The fraction of sp³-hybridized carbons (Fsp3) is 0.647. The van der Waals surface area contributed by atoms with Gasteiger partial charge in [-0.3, -0.25) is 9.48 Å². The van der Waals surface area contributed by atoms with Crippen LogP contribution in [0.2, 0.25) is 0 Å². The summed E-state index contributed by atoms with van der Waals surface area (Å²) in [5.41, 5.74) is 2.72. The average molecular weight is 289 g/mol. The van der Waals surface area contributed by atoms with Crippen LogP contribution in [0.15, 0.2) is 24.0 Å². The first-order valence-corrected chi connectivity index (χ1v) is 7.77. The smallest absolute Gasteiger partial charge is 0.222 e. The van der Waals surface area contributed by atoms with E-state index < -0.39 is 0 Å². The number of hydrogen-bond acceptors (Lipinski definition) is 2. The van der Waals surface area contributed by atoms with Crippen molar-refractivity contribution in [3.05, 3.63) is 29.6 Å². The van der Waals surface area contributed by atoms with Gasteiger partial charge in [0, 0.05) is 38.3 Å². The van der Waals surface area contributed by atoms with Crippen LogP contribution >= 0.6 is 0 Å². The van der Waals surface area contributed by atoms with E-state index in [9.17, 15) is 4.79 Å². The molecular formula is C17H27N3O. The van der Waals surface area contributed by atoms with Crippen molar-refractivity contribution in [3.63, 3.8) is 0 Å². The Kier molecular flexibility index (Phi) is 4.86. The molecular weight excluding hydrogens is 262 g/mol. The first-order chi connectivity index (χ1) is 9.88. The Labute approximate surface area is 127 Å². The molecule has 4 heteroatoms. The van der Waals surface area contributed by atoms with Crippen LogP contribution in [0.4, 0.5) is 0 Å². The van der Waals surface area contributed by atoms with Gasteiger partial charge in [-0.2, -0.15) is 5.10 Å². The van der Waals surface area contributed by atoms with Gasteiger partial charge in [-0.15, -0.1) is 0 Å². The molecule has 1 amide bonds. The zero-order valence-electron chi connectivity index (χ0n) is 13.7. The Balaban J connectivity index is 1.97. The number of piperidine rings is 1. The highest BCUT2D eigenvalue weighted by Crippen LogP contribution is 2.35. The highest BCUT2D eigenvalue weighted by molar-refractivity contribution is 5.77. The van der Waals surface area contributed by atoms with E-state index in [1.54, 1.807) is 4.68 Å². The molecule has 1 aromatic rings. The van der Waals surface area contributed by atoms with Gasteiger partial charge in [-0.1, -0.05) is 18.6 Å². The Hall–Kier alpha value is -1.58. The van der Waals surface area contributed by atoms with Gasteiger partial charge >= 0.3 is 0 Å². The quantitative estimate of drug-likeness (QED) is 0.780. The second-order valence-electron chi connectivity index (χ2n) is 6.90. The van der Waals surface area contributed by atoms with E-state index in [4.69, 9.17) is 0 Å². The highest BCUT2D eigenvalue weighted by atomic mass is 16.2. The van der Waals surface area contributed by atoms with Gasteiger partial charge in [0.2, 0.25) is 5.91 Å². The number of likely N-dealkylation sites (tertiary alicyclic amines) is 1. The van der Waals surface area contributed by atoms with Gasteiger partial charge < -0.3 is 4.90 Å². The first kappa shape index (κ1) is 15.8. The van der Waals surface area contributed by atoms with Crippen LogP contribution in [0.3, 0.4) is 0 Å². The van der Waals surface area contributed by atoms with Crippen LogP contribution in [-0.2, 0) is 18.4 Å². The van der Waals surface area contributed by atoms with Gasteiger partial charge in [-0.25, -0.2) is 0 Å². The van der Waals surface area contributed by atoms with Crippen molar-refractivity contribution >= 4 is 5.91 Å². The minimum atomic E-state index is 0.238. The van der Waals surface area contributed by atoms with Gasteiger partial charge in [0.25, 0.3) is 0 Å². The number of carbonyl (C=O) groups is 1. The predicted molar refractivity (Wildman–Crippen MR) is 84.6 cm³/mol. The molecule has 4 nitrogen and oxygen atoms in total. The summed E-state index contributed by atoms with van der Waals surface area (Å²) >= 11 is 0. The van der Waals surface area contributed by atoms with Crippen LogP contribution in [-0.4, -0.2) is 27.1 Å². The molecule has 0 N–H and O–H groups in total. The molecule has 0 saturated carbocycles. The SMILES string of the molecule is CC(C)=CCC[C@@]1(C)CCC(=O)N(Cc2cnn(C)c2)C1. The third-order valence-corrected chi connectivity index (χ3v) is 4.30. The van der Waals surface area contributed by atoms with Crippen molar-refractivity contribution in [1.29, 1.82) is 0 Å². The summed E-state index contributed by atoms with van der Waals surface area (Å²) in [7, 11) is 1.91. The van der Waals surface area contributed by atoms with Crippen molar-refractivity contribution in [3.8, 4) is 0 Å². The molecule has 2 rings (SSSR count). The maximum absolute atomic E-state index is 12.2. The fourth-order valence-electron chi connectivity index (χ4n) is 3.03. The molecule has 0 aromatic carbocycles. The number of hydrogen-bond donors (Lipinski definition) is 0. The largest absolute Gasteiger partial charge is 0.338 e. The molecule has 0 bridgehead atoms. The lowest BCUT2D eigenvalue weighted by Gasteiger charge is -2.40. The molecule has 1 saturated heterocycles. The lowest BCUT2D eigenvalue weighted by Crippen LogP contribution is -2.44. The zero-order valence-corrected chi connectivity index (χ0v) is 13.7.